The van der Waals surface area contributed by atoms with Crippen LogP contribution in [0.4, 0.5) is 0 Å². The SMILES string of the molecule is Cl.NCCCC(=O)NCCc1ccsc1. The molecule has 1 aromatic heterocycles. The summed E-state index contributed by atoms with van der Waals surface area (Å²) in [6.07, 6.45) is 2.22. The highest BCUT2D eigenvalue weighted by molar-refractivity contribution is 7.07. The largest absolute Gasteiger partial charge is 0.356 e. The molecule has 0 fully saturated rings. The highest BCUT2D eigenvalue weighted by Crippen LogP contribution is 2.05. The minimum atomic E-state index is 0. The van der Waals surface area contributed by atoms with Crippen molar-refractivity contribution >= 4 is 29.7 Å². The summed E-state index contributed by atoms with van der Waals surface area (Å²) in [5.41, 5.74) is 6.59. The van der Waals surface area contributed by atoms with Crippen molar-refractivity contribution in [1.29, 1.82) is 0 Å². The number of hydrogen-bond donors (Lipinski definition) is 2. The number of amides is 1. The van der Waals surface area contributed by atoms with Crippen molar-refractivity contribution in [2.24, 2.45) is 5.73 Å². The standard InChI is InChI=1S/C10H16N2OS.ClH/c11-5-1-2-10(13)12-6-3-9-4-7-14-8-9;/h4,7-8H,1-3,5-6,11H2,(H,12,13);1H. The van der Waals surface area contributed by atoms with E-state index >= 15 is 0 Å². The molecule has 0 radical (unpaired) electrons. The van der Waals surface area contributed by atoms with Gasteiger partial charge in [-0.1, -0.05) is 0 Å². The van der Waals surface area contributed by atoms with Gasteiger partial charge in [0.2, 0.25) is 5.91 Å². The van der Waals surface area contributed by atoms with Gasteiger partial charge in [-0.15, -0.1) is 12.4 Å². The van der Waals surface area contributed by atoms with Gasteiger partial charge < -0.3 is 11.1 Å². The maximum atomic E-state index is 11.2. The first-order valence-corrected chi connectivity index (χ1v) is 5.75. The van der Waals surface area contributed by atoms with Crippen LogP contribution in [0.15, 0.2) is 16.8 Å². The van der Waals surface area contributed by atoms with Crippen LogP contribution in [0, 0.1) is 0 Å². The van der Waals surface area contributed by atoms with Crippen molar-refractivity contribution in [1.82, 2.24) is 5.32 Å². The van der Waals surface area contributed by atoms with Crippen molar-refractivity contribution in [2.75, 3.05) is 13.1 Å². The van der Waals surface area contributed by atoms with Gasteiger partial charge >= 0.3 is 0 Å². The monoisotopic (exact) mass is 248 g/mol. The maximum Gasteiger partial charge on any atom is 0.220 e. The number of carbonyl (C=O) groups is 1. The summed E-state index contributed by atoms with van der Waals surface area (Å²) in [7, 11) is 0. The molecule has 0 unspecified atom stereocenters. The molecule has 3 nitrogen and oxygen atoms in total. The van der Waals surface area contributed by atoms with E-state index in [-0.39, 0.29) is 18.3 Å². The van der Waals surface area contributed by atoms with Crippen molar-refractivity contribution in [3.63, 3.8) is 0 Å². The molecule has 1 amide bonds. The molecule has 0 atom stereocenters. The van der Waals surface area contributed by atoms with E-state index in [1.807, 2.05) is 5.38 Å². The van der Waals surface area contributed by atoms with E-state index in [1.54, 1.807) is 11.3 Å². The number of nitrogens with one attached hydrogen (secondary N) is 1. The minimum Gasteiger partial charge on any atom is -0.356 e. The maximum absolute atomic E-state index is 11.2. The lowest BCUT2D eigenvalue weighted by Gasteiger charge is -2.02. The zero-order chi connectivity index (χ0) is 10.2. The molecule has 0 aliphatic heterocycles. The van der Waals surface area contributed by atoms with E-state index in [4.69, 9.17) is 5.73 Å². The summed E-state index contributed by atoms with van der Waals surface area (Å²) in [5, 5.41) is 7.02. The van der Waals surface area contributed by atoms with Crippen molar-refractivity contribution in [2.45, 2.75) is 19.3 Å². The lowest BCUT2D eigenvalue weighted by molar-refractivity contribution is -0.121. The Hall–Kier alpha value is -0.580. The van der Waals surface area contributed by atoms with Gasteiger partial charge in [0, 0.05) is 13.0 Å². The Balaban J connectivity index is 0.00000196. The molecule has 0 aliphatic carbocycles. The fourth-order valence-corrected chi connectivity index (χ4v) is 1.84. The molecule has 5 heteroatoms. The lowest BCUT2D eigenvalue weighted by Crippen LogP contribution is -2.25. The first-order chi connectivity index (χ1) is 6.83. The fourth-order valence-electron chi connectivity index (χ4n) is 1.13. The molecule has 0 aromatic carbocycles. The normalized spacial score (nSPS) is 9.40. The number of hydrogen-bond acceptors (Lipinski definition) is 3. The molecule has 1 heterocycles. The molecule has 1 rings (SSSR count). The third kappa shape index (κ3) is 6.49. The van der Waals surface area contributed by atoms with Gasteiger partial charge in [-0.2, -0.15) is 11.3 Å². The molecule has 0 saturated carbocycles. The van der Waals surface area contributed by atoms with Crippen molar-refractivity contribution < 1.29 is 4.79 Å². The van der Waals surface area contributed by atoms with Crippen LogP contribution in [0.1, 0.15) is 18.4 Å². The van der Waals surface area contributed by atoms with E-state index in [0.717, 1.165) is 19.4 Å². The highest BCUT2D eigenvalue weighted by atomic mass is 35.5. The Morgan fingerprint density at radius 3 is 2.93 bits per heavy atom. The van der Waals surface area contributed by atoms with Crippen LogP contribution < -0.4 is 11.1 Å². The molecule has 15 heavy (non-hydrogen) atoms. The Bertz CT molecular complexity index is 264. The third-order valence-corrected chi connectivity index (χ3v) is 2.66. The van der Waals surface area contributed by atoms with Crippen molar-refractivity contribution in [3.8, 4) is 0 Å². The van der Waals surface area contributed by atoms with E-state index < -0.39 is 0 Å². The Morgan fingerprint density at radius 1 is 1.53 bits per heavy atom. The van der Waals surface area contributed by atoms with Gasteiger partial charge in [0.05, 0.1) is 0 Å². The second kappa shape index (κ2) is 8.71. The van der Waals surface area contributed by atoms with E-state index in [1.165, 1.54) is 5.56 Å². The number of rotatable bonds is 6. The molecule has 3 N–H and O–H groups in total. The number of thiophene rings is 1. The molecule has 0 bridgehead atoms. The predicted octanol–water partition coefficient (Wildman–Crippen LogP) is 1.57. The molecule has 0 spiro atoms. The van der Waals surface area contributed by atoms with Gasteiger partial charge in [0.15, 0.2) is 0 Å². The average Bonchev–Trinajstić information content (AvgIpc) is 2.67. The summed E-state index contributed by atoms with van der Waals surface area (Å²) < 4.78 is 0. The smallest absolute Gasteiger partial charge is 0.220 e. The van der Waals surface area contributed by atoms with Gasteiger partial charge in [0.1, 0.15) is 0 Å². The first kappa shape index (κ1) is 14.4. The van der Waals surface area contributed by atoms with E-state index in [0.29, 0.717) is 13.0 Å². The fraction of sp³-hybridized carbons (Fsp3) is 0.500. The van der Waals surface area contributed by atoms with Crippen LogP contribution in [-0.4, -0.2) is 19.0 Å². The zero-order valence-corrected chi connectivity index (χ0v) is 10.2. The van der Waals surface area contributed by atoms with Gasteiger partial charge in [-0.3, -0.25) is 4.79 Å². The summed E-state index contributed by atoms with van der Waals surface area (Å²) in [6.45, 7) is 1.30. The van der Waals surface area contributed by atoms with Crippen LogP contribution in [0.5, 0.6) is 0 Å². The molecule has 1 aromatic rings. The molecule has 0 aliphatic rings. The Labute approximate surface area is 100 Å². The average molecular weight is 249 g/mol. The number of carbonyl (C=O) groups excluding carboxylic acids is 1. The summed E-state index contributed by atoms with van der Waals surface area (Å²) in [5.74, 6) is 0.102. The summed E-state index contributed by atoms with van der Waals surface area (Å²) in [6, 6.07) is 2.08. The second-order valence-corrected chi connectivity index (χ2v) is 3.90. The lowest BCUT2D eigenvalue weighted by atomic mass is 10.2. The Morgan fingerprint density at radius 2 is 2.33 bits per heavy atom. The number of nitrogens with two attached hydrogens (primary N) is 1. The molecular formula is C10H17ClN2OS. The Kier molecular flexibility index (Phi) is 8.37. The van der Waals surface area contributed by atoms with Crippen LogP contribution in [0.2, 0.25) is 0 Å². The quantitative estimate of drug-likeness (QED) is 0.803. The third-order valence-electron chi connectivity index (χ3n) is 1.92. The highest BCUT2D eigenvalue weighted by Gasteiger charge is 1.99. The molecule has 86 valence electrons. The summed E-state index contributed by atoms with van der Waals surface area (Å²) in [4.78, 5) is 11.2. The van der Waals surface area contributed by atoms with Crippen LogP contribution in [0.25, 0.3) is 0 Å². The van der Waals surface area contributed by atoms with Gasteiger partial charge in [-0.05, 0) is 41.8 Å². The minimum absolute atomic E-state index is 0. The van der Waals surface area contributed by atoms with Crippen LogP contribution in [0.3, 0.4) is 0 Å². The summed E-state index contributed by atoms with van der Waals surface area (Å²) >= 11 is 1.68. The second-order valence-electron chi connectivity index (χ2n) is 3.12. The van der Waals surface area contributed by atoms with Gasteiger partial charge in [-0.25, -0.2) is 0 Å². The zero-order valence-electron chi connectivity index (χ0n) is 8.57. The van der Waals surface area contributed by atoms with Crippen LogP contribution in [-0.2, 0) is 11.2 Å². The van der Waals surface area contributed by atoms with Gasteiger partial charge in [0.25, 0.3) is 0 Å². The van der Waals surface area contributed by atoms with E-state index in [2.05, 4.69) is 16.8 Å². The molecule has 0 saturated heterocycles. The predicted molar refractivity (Wildman–Crippen MR) is 66.6 cm³/mol. The number of halogens is 1. The van der Waals surface area contributed by atoms with Crippen molar-refractivity contribution in [3.05, 3.63) is 22.4 Å². The topological polar surface area (TPSA) is 55.1 Å². The van der Waals surface area contributed by atoms with Crippen LogP contribution >= 0.6 is 23.7 Å². The van der Waals surface area contributed by atoms with E-state index in [9.17, 15) is 4.79 Å². The molecular weight excluding hydrogens is 232 g/mol. The first-order valence-electron chi connectivity index (χ1n) is 4.81.